The third kappa shape index (κ3) is 4.69. The van der Waals surface area contributed by atoms with Crippen molar-refractivity contribution >= 4 is 17.9 Å². The summed E-state index contributed by atoms with van der Waals surface area (Å²) >= 11 is 1.97. The van der Waals surface area contributed by atoms with E-state index in [-0.39, 0.29) is 11.5 Å². The number of carbonyl (C=O) groups excluding carboxylic acids is 1. The highest BCUT2D eigenvalue weighted by atomic mass is 32.2. The lowest BCUT2D eigenvalue weighted by atomic mass is 9.84. The van der Waals surface area contributed by atoms with Gasteiger partial charge in [0.25, 0.3) is 0 Å². The average Bonchev–Trinajstić information content (AvgIpc) is 2.77. The molecule has 106 valence electrons. The van der Waals surface area contributed by atoms with Gasteiger partial charge in [-0.1, -0.05) is 6.92 Å². The van der Waals surface area contributed by atoms with Crippen LogP contribution in [0.3, 0.4) is 0 Å². The summed E-state index contributed by atoms with van der Waals surface area (Å²) in [5.74, 6) is 1.20. The van der Waals surface area contributed by atoms with Crippen molar-refractivity contribution in [3.05, 3.63) is 0 Å². The first-order chi connectivity index (χ1) is 8.27. The SMILES string of the molecule is CC(C)(C)OC(=O)NCC(C)(CN)C1CCCS1. The molecule has 0 aromatic rings. The highest BCUT2D eigenvalue weighted by molar-refractivity contribution is 8.00. The normalized spacial score (nSPS) is 23.5. The minimum absolute atomic E-state index is 0.0436. The van der Waals surface area contributed by atoms with Crippen LogP contribution in [0.1, 0.15) is 40.5 Å². The molecule has 5 heteroatoms. The maximum atomic E-state index is 11.7. The lowest BCUT2D eigenvalue weighted by molar-refractivity contribution is 0.0504. The summed E-state index contributed by atoms with van der Waals surface area (Å²) in [4.78, 5) is 11.7. The summed E-state index contributed by atoms with van der Waals surface area (Å²) in [6.45, 7) is 8.90. The molecule has 0 aromatic heterocycles. The van der Waals surface area contributed by atoms with Gasteiger partial charge in [0.1, 0.15) is 5.60 Å². The van der Waals surface area contributed by atoms with Crippen LogP contribution in [0.2, 0.25) is 0 Å². The van der Waals surface area contributed by atoms with E-state index in [0.717, 1.165) is 0 Å². The Bertz CT molecular complexity index is 285. The Hall–Kier alpha value is -0.420. The van der Waals surface area contributed by atoms with Crippen molar-refractivity contribution < 1.29 is 9.53 Å². The molecule has 1 amide bonds. The quantitative estimate of drug-likeness (QED) is 0.826. The molecule has 2 atom stereocenters. The van der Waals surface area contributed by atoms with E-state index in [1.54, 1.807) is 0 Å². The predicted molar refractivity (Wildman–Crippen MR) is 76.9 cm³/mol. The third-order valence-electron chi connectivity index (χ3n) is 3.21. The predicted octanol–water partition coefficient (Wildman–Crippen LogP) is 2.37. The molecule has 0 aliphatic carbocycles. The summed E-state index contributed by atoms with van der Waals surface area (Å²) in [7, 11) is 0. The van der Waals surface area contributed by atoms with Gasteiger partial charge in [-0.3, -0.25) is 0 Å². The zero-order chi connectivity index (χ0) is 13.8. The molecule has 3 N–H and O–H groups in total. The zero-order valence-electron chi connectivity index (χ0n) is 11.9. The largest absolute Gasteiger partial charge is 0.444 e. The van der Waals surface area contributed by atoms with Crippen LogP contribution in [0.15, 0.2) is 0 Å². The second-order valence-electron chi connectivity index (χ2n) is 6.22. The van der Waals surface area contributed by atoms with Gasteiger partial charge in [-0.15, -0.1) is 0 Å². The molecule has 0 saturated carbocycles. The second-order valence-corrected chi connectivity index (χ2v) is 7.53. The first kappa shape index (κ1) is 15.6. The topological polar surface area (TPSA) is 64.3 Å². The molecule has 18 heavy (non-hydrogen) atoms. The van der Waals surface area contributed by atoms with Crippen LogP contribution in [-0.2, 0) is 4.74 Å². The van der Waals surface area contributed by atoms with E-state index in [1.807, 2.05) is 32.5 Å². The molecular formula is C13H26N2O2S. The monoisotopic (exact) mass is 274 g/mol. The molecule has 2 unspecified atom stereocenters. The van der Waals surface area contributed by atoms with Crippen molar-refractivity contribution in [1.29, 1.82) is 0 Å². The zero-order valence-corrected chi connectivity index (χ0v) is 12.7. The fourth-order valence-electron chi connectivity index (χ4n) is 2.03. The molecule has 0 radical (unpaired) electrons. The molecule has 4 nitrogen and oxygen atoms in total. The summed E-state index contributed by atoms with van der Waals surface area (Å²) in [6.07, 6.45) is 2.08. The van der Waals surface area contributed by atoms with Crippen LogP contribution >= 0.6 is 11.8 Å². The molecule has 0 bridgehead atoms. The Morgan fingerprint density at radius 2 is 2.11 bits per heavy atom. The minimum atomic E-state index is -0.453. The highest BCUT2D eigenvalue weighted by Gasteiger charge is 2.36. The van der Waals surface area contributed by atoms with Gasteiger partial charge in [-0.05, 0) is 39.4 Å². The van der Waals surface area contributed by atoms with Gasteiger partial charge in [0.15, 0.2) is 0 Å². The molecule has 1 aliphatic rings. The second kappa shape index (κ2) is 6.15. The van der Waals surface area contributed by atoms with Crippen LogP contribution in [0.25, 0.3) is 0 Å². The fourth-order valence-corrected chi connectivity index (χ4v) is 3.57. The Balaban J connectivity index is 2.46. The van der Waals surface area contributed by atoms with Gasteiger partial charge in [-0.25, -0.2) is 4.79 Å². The van der Waals surface area contributed by atoms with E-state index in [4.69, 9.17) is 10.5 Å². The summed E-state index contributed by atoms with van der Waals surface area (Å²) < 4.78 is 5.24. The number of hydrogen-bond acceptors (Lipinski definition) is 4. The number of thioether (sulfide) groups is 1. The number of nitrogens with one attached hydrogen (secondary N) is 1. The molecule has 1 saturated heterocycles. The Labute approximate surface area is 114 Å². The number of nitrogens with two attached hydrogens (primary N) is 1. The van der Waals surface area contributed by atoms with Crippen LogP contribution < -0.4 is 11.1 Å². The number of ether oxygens (including phenoxy) is 1. The summed E-state index contributed by atoms with van der Waals surface area (Å²) in [6, 6.07) is 0. The molecule has 0 aromatic carbocycles. The number of amides is 1. The number of carbonyl (C=O) groups is 1. The van der Waals surface area contributed by atoms with E-state index in [9.17, 15) is 4.79 Å². The molecule has 1 fully saturated rings. The Kier molecular flexibility index (Phi) is 5.34. The van der Waals surface area contributed by atoms with Gasteiger partial charge in [-0.2, -0.15) is 11.8 Å². The standard InChI is InChI=1S/C13H26N2O2S/c1-12(2,3)17-11(16)15-9-13(4,8-14)10-6-5-7-18-10/h10H,5-9,14H2,1-4H3,(H,15,16). The molecule has 1 aliphatic heterocycles. The van der Waals surface area contributed by atoms with E-state index in [0.29, 0.717) is 18.3 Å². The van der Waals surface area contributed by atoms with E-state index in [1.165, 1.54) is 18.6 Å². The van der Waals surface area contributed by atoms with Crippen LogP contribution in [0, 0.1) is 5.41 Å². The first-order valence-electron chi connectivity index (χ1n) is 6.55. The van der Waals surface area contributed by atoms with Crippen molar-refractivity contribution in [2.75, 3.05) is 18.8 Å². The lowest BCUT2D eigenvalue weighted by Gasteiger charge is -2.34. The fraction of sp³-hybridized carbons (Fsp3) is 0.923. The molecule has 0 spiro atoms. The van der Waals surface area contributed by atoms with E-state index >= 15 is 0 Å². The number of hydrogen-bond donors (Lipinski definition) is 2. The van der Waals surface area contributed by atoms with Crippen LogP contribution in [-0.4, -0.2) is 35.8 Å². The van der Waals surface area contributed by atoms with Gasteiger partial charge >= 0.3 is 6.09 Å². The van der Waals surface area contributed by atoms with Crippen LogP contribution in [0.5, 0.6) is 0 Å². The Morgan fingerprint density at radius 3 is 2.56 bits per heavy atom. The van der Waals surface area contributed by atoms with E-state index < -0.39 is 5.60 Å². The maximum Gasteiger partial charge on any atom is 0.407 e. The van der Waals surface area contributed by atoms with Crippen LogP contribution in [0.4, 0.5) is 4.79 Å². The first-order valence-corrected chi connectivity index (χ1v) is 7.60. The Morgan fingerprint density at radius 1 is 1.44 bits per heavy atom. The number of rotatable bonds is 4. The van der Waals surface area contributed by atoms with Crippen molar-refractivity contribution in [1.82, 2.24) is 5.32 Å². The molecule has 1 heterocycles. The highest BCUT2D eigenvalue weighted by Crippen LogP contribution is 2.38. The minimum Gasteiger partial charge on any atom is -0.444 e. The van der Waals surface area contributed by atoms with Crippen molar-refractivity contribution in [3.8, 4) is 0 Å². The van der Waals surface area contributed by atoms with E-state index in [2.05, 4.69) is 12.2 Å². The van der Waals surface area contributed by atoms with Crippen molar-refractivity contribution in [3.63, 3.8) is 0 Å². The average molecular weight is 274 g/mol. The number of alkyl carbamates (subject to hydrolysis) is 1. The van der Waals surface area contributed by atoms with Crippen molar-refractivity contribution in [2.24, 2.45) is 11.1 Å². The van der Waals surface area contributed by atoms with Crippen molar-refractivity contribution in [2.45, 2.75) is 51.4 Å². The molecular weight excluding hydrogens is 248 g/mol. The lowest BCUT2D eigenvalue weighted by Crippen LogP contribution is -2.47. The van der Waals surface area contributed by atoms with Gasteiger partial charge < -0.3 is 15.8 Å². The maximum absolute atomic E-state index is 11.7. The van der Waals surface area contributed by atoms with Gasteiger partial charge in [0, 0.05) is 23.8 Å². The molecule has 1 rings (SSSR count). The smallest absolute Gasteiger partial charge is 0.407 e. The third-order valence-corrected chi connectivity index (χ3v) is 4.94. The summed E-state index contributed by atoms with van der Waals surface area (Å²) in [5.41, 5.74) is 5.40. The summed E-state index contributed by atoms with van der Waals surface area (Å²) in [5, 5.41) is 3.39. The van der Waals surface area contributed by atoms with Gasteiger partial charge in [0.2, 0.25) is 0 Å². The van der Waals surface area contributed by atoms with Gasteiger partial charge in [0.05, 0.1) is 0 Å².